The highest BCUT2D eigenvalue weighted by atomic mass is 32.2. The first-order valence-corrected chi connectivity index (χ1v) is 9.08. The fraction of sp³-hybridized carbons (Fsp3) is 0.333. The van der Waals surface area contributed by atoms with Crippen molar-refractivity contribution < 1.29 is 0 Å². The fourth-order valence-electron chi connectivity index (χ4n) is 2.00. The van der Waals surface area contributed by atoms with Crippen molar-refractivity contribution >= 4 is 23.5 Å². The van der Waals surface area contributed by atoms with Gasteiger partial charge in [0.2, 0.25) is 0 Å². The van der Waals surface area contributed by atoms with Crippen molar-refractivity contribution in [3.8, 4) is 0 Å². The van der Waals surface area contributed by atoms with Crippen LogP contribution in [0.5, 0.6) is 0 Å². The zero-order valence-electron chi connectivity index (χ0n) is 12.0. The fourth-order valence-corrected chi connectivity index (χ4v) is 4.67. The molecule has 0 saturated carbocycles. The quantitative estimate of drug-likeness (QED) is 0.311. The van der Waals surface area contributed by atoms with E-state index in [-0.39, 0.29) is 0 Å². The van der Waals surface area contributed by atoms with Crippen LogP contribution in [0, 0.1) is 0 Å². The monoisotopic (exact) mass is 302 g/mol. The van der Waals surface area contributed by atoms with Crippen molar-refractivity contribution in [1.82, 2.24) is 0 Å². The van der Waals surface area contributed by atoms with Crippen molar-refractivity contribution in [2.24, 2.45) is 0 Å². The van der Waals surface area contributed by atoms with Crippen LogP contribution in [0.4, 0.5) is 0 Å². The number of unbranched alkanes of at least 4 members (excludes halogenated alkanes) is 2. The standard InChI is InChI=1S/C18H22S2/c1-2-3-6-15-18(19-16-11-7-4-8-12-16)20-17-13-9-5-10-14-17/h4-5,7-14,18H,2-3,6,15H2,1H3. The molecular formula is C18H22S2. The average Bonchev–Trinajstić information content (AvgIpc) is 2.49. The summed E-state index contributed by atoms with van der Waals surface area (Å²) in [5.74, 6) is 0. The van der Waals surface area contributed by atoms with Gasteiger partial charge in [-0.1, -0.05) is 62.6 Å². The van der Waals surface area contributed by atoms with Gasteiger partial charge in [0.25, 0.3) is 0 Å². The Bertz CT molecular complexity index is 426. The van der Waals surface area contributed by atoms with Crippen molar-refractivity contribution in [1.29, 1.82) is 0 Å². The molecule has 0 atom stereocenters. The highest BCUT2D eigenvalue weighted by Gasteiger charge is 2.11. The molecule has 0 unspecified atom stereocenters. The maximum atomic E-state index is 2.27. The second kappa shape index (κ2) is 9.15. The Morgan fingerprint density at radius 3 is 1.70 bits per heavy atom. The lowest BCUT2D eigenvalue weighted by Crippen LogP contribution is -1.97. The molecule has 2 aromatic carbocycles. The molecule has 0 fully saturated rings. The largest absolute Gasteiger partial charge is 0.111 e. The van der Waals surface area contributed by atoms with Gasteiger partial charge in [0, 0.05) is 9.79 Å². The van der Waals surface area contributed by atoms with Crippen molar-refractivity contribution in [3.05, 3.63) is 60.7 Å². The van der Waals surface area contributed by atoms with Gasteiger partial charge >= 0.3 is 0 Å². The van der Waals surface area contributed by atoms with Gasteiger partial charge in [-0.15, -0.1) is 23.5 Å². The second-order valence-corrected chi connectivity index (χ2v) is 7.64. The van der Waals surface area contributed by atoms with E-state index in [1.807, 2.05) is 23.5 Å². The van der Waals surface area contributed by atoms with Crippen LogP contribution < -0.4 is 0 Å². The molecule has 0 aliphatic carbocycles. The van der Waals surface area contributed by atoms with Gasteiger partial charge in [-0.2, -0.15) is 0 Å². The first kappa shape index (κ1) is 15.5. The highest BCUT2D eigenvalue weighted by molar-refractivity contribution is 8.17. The molecule has 2 rings (SSSR count). The van der Waals surface area contributed by atoms with Crippen LogP contribution in [0.1, 0.15) is 32.6 Å². The van der Waals surface area contributed by atoms with Crippen molar-refractivity contribution in [2.45, 2.75) is 47.0 Å². The molecule has 0 spiro atoms. The van der Waals surface area contributed by atoms with E-state index in [0.717, 1.165) is 0 Å². The normalized spacial score (nSPS) is 10.9. The molecule has 106 valence electrons. The van der Waals surface area contributed by atoms with E-state index in [0.29, 0.717) is 4.58 Å². The van der Waals surface area contributed by atoms with Gasteiger partial charge in [0.05, 0.1) is 4.58 Å². The van der Waals surface area contributed by atoms with E-state index < -0.39 is 0 Å². The lowest BCUT2D eigenvalue weighted by molar-refractivity contribution is 0.696. The summed E-state index contributed by atoms with van der Waals surface area (Å²) in [6.45, 7) is 2.27. The number of hydrogen-bond acceptors (Lipinski definition) is 2. The van der Waals surface area contributed by atoms with Crippen LogP contribution in [0.2, 0.25) is 0 Å². The van der Waals surface area contributed by atoms with E-state index in [1.54, 1.807) is 0 Å². The lowest BCUT2D eigenvalue weighted by Gasteiger charge is -2.16. The second-order valence-electron chi connectivity index (χ2n) is 4.79. The topological polar surface area (TPSA) is 0 Å². The molecule has 0 aromatic heterocycles. The average molecular weight is 303 g/mol. The maximum absolute atomic E-state index is 2.27. The van der Waals surface area contributed by atoms with E-state index in [9.17, 15) is 0 Å². The Morgan fingerprint density at radius 2 is 1.25 bits per heavy atom. The summed E-state index contributed by atoms with van der Waals surface area (Å²) >= 11 is 3.99. The van der Waals surface area contributed by atoms with Gasteiger partial charge in [-0.25, -0.2) is 0 Å². The Labute approximate surface area is 131 Å². The molecule has 20 heavy (non-hydrogen) atoms. The first-order chi connectivity index (χ1) is 9.88. The van der Waals surface area contributed by atoms with Gasteiger partial charge in [0.1, 0.15) is 0 Å². The number of hydrogen-bond donors (Lipinski definition) is 0. The van der Waals surface area contributed by atoms with Crippen LogP contribution in [0.25, 0.3) is 0 Å². The van der Waals surface area contributed by atoms with Crippen LogP contribution in [0.15, 0.2) is 70.5 Å². The number of rotatable bonds is 8. The molecule has 0 aliphatic heterocycles. The molecule has 0 heterocycles. The SMILES string of the molecule is CCCCCC(Sc1ccccc1)Sc1ccccc1. The van der Waals surface area contributed by atoms with Crippen molar-refractivity contribution in [3.63, 3.8) is 0 Å². The molecule has 0 N–H and O–H groups in total. The highest BCUT2D eigenvalue weighted by Crippen LogP contribution is 2.38. The predicted octanol–water partition coefficient (Wildman–Crippen LogP) is 6.48. The molecule has 0 nitrogen and oxygen atoms in total. The predicted molar refractivity (Wildman–Crippen MR) is 92.5 cm³/mol. The van der Waals surface area contributed by atoms with Crippen LogP contribution in [-0.4, -0.2) is 4.58 Å². The Morgan fingerprint density at radius 1 is 0.750 bits per heavy atom. The van der Waals surface area contributed by atoms with E-state index in [4.69, 9.17) is 0 Å². The summed E-state index contributed by atoms with van der Waals surface area (Å²) in [5.41, 5.74) is 0. The third-order valence-corrected chi connectivity index (χ3v) is 5.73. The molecular weight excluding hydrogens is 280 g/mol. The molecule has 0 saturated heterocycles. The zero-order valence-corrected chi connectivity index (χ0v) is 13.6. The van der Waals surface area contributed by atoms with Gasteiger partial charge < -0.3 is 0 Å². The van der Waals surface area contributed by atoms with E-state index in [2.05, 4.69) is 67.6 Å². The molecule has 2 aromatic rings. The van der Waals surface area contributed by atoms with Crippen LogP contribution in [0.3, 0.4) is 0 Å². The third-order valence-electron chi connectivity index (χ3n) is 3.06. The van der Waals surface area contributed by atoms with Crippen molar-refractivity contribution in [2.75, 3.05) is 0 Å². The molecule has 0 bridgehead atoms. The summed E-state index contributed by atoms with van der Waals surface area (Å²) in [6, 6.07) is 21.5. The smallest absolute Gasteiger partial charge is 0.0596 e. The van der Waals surface area contributed by atoms with Crippen LogP contribution in [-0.2, 0) is 0 Å². The summed E-state index contributed by atoms with van der Waals surface area (Å²) in [6.07, 6.45) is 5.22. The first-order valence-electron chi connectivity index (χ1n) is 7.32. The Hall–Kier alpha value is -0.860. The number of benzene rings is 2. The minimum atomic E-state index is 0.603. The molecule has 0 amide bonds. The third kappa shape index (κ3) is 5.64. The minimum absolute atomic E-state index is 0.603. The lowest BCUT2D eigenvalue weighted by atomic mass is 10.2. The summed E-state index contributed by atoms with van der Waals surface area (Å²) in [7, 11) is 0. The summed E-state index contributed by atoms with van der Waals surface area (Å²) in [4.78, 5) is 2.75. The van der Waals surface area contributed by atoms with Gasteiger partial charge in [-0.3, -0.25) is 0 Å². The van der Waals surface area contributed by atoms with Crippen LogP contribution >= 0.6 is 23.5 Å². The summed E-state index contributed by atoms with van der Waals surface area (Å²) < 4.78 is 0.603. The zero-order chi connectivity index (χ0) is 14.0. The Balaban J connectivity index is 1.96. The van der Waals surface area contributed by atoms with Gasteiger partial charge in [0.15, 0.2) is 0 Å². The maximum Gasteiger partial charge on any atom is 0.0596 e. The molecule has 0 radical (unpaired) electrons. The van der Waals surface area contributed by atoms with E-state index >= 15 is 0 Å². The molecule has 0 aliphatic rings. The molecule has 2 heteroatoms. The van der Waals surface area contributed by atoms with Gasteiger partial charge in [-0.05, 0) is 30.7 Å². The summed E-state index contributed by atoms with van der Waals surface area (Å²) in [5, 5.41) is 0. The minimum Gasteiger partial charge on any atom is -0.111 e. The Kier molecular flexibility index (Phi) is 7.10. The number of thioether (sulfide) groups is 2. The van der Waals surface area contributed by atoms with E-state index in [1.165, 1.54) is 35.5 Å².